The van der Waals surface area contributed by atoms with Gasteiger partial charge in [-0.2, -0.15) is 13.2 Å². The van der Waals surface area contributed by atoms with Crippen LogP contribution in [0.2, 0.25) is 0 Å². The lowest BCUT2D eigenvalue weighted by Crippen LogP contribution is -2.49. The predicted octanol–water partition coefficient (Wildman–Crippen LogP) is 5.29. The second-order valence-corrected chi connectivity index (χ2v) is 10.3. The second kappa shape index (κ2) is 10.1. The number of pyridine rings is 1. The van der Waals surface area contributed by atoms with E-state index in [1.807, 2.05) is 22.5 Å². The lowest BCUT2D eigenvalue weighted by Gasteiger charge is -2.38. The highest BCUT2D eigenvalue weighted by molar-refractivity contribution is 7.09. The molecule has 2 aromatic heterocycles. The maximum Gasteiger partial charge on any atom is 0.416 e. The lowest BCUT2D eigenvalue weighted by atomic mass is 9.92. The van der Waals surface area contributed by atoms with Crippen LogP contribution in [0.1, 0.15) is 46.7 Å². The van der Waals surface area contributed by atoms with Gasteiger partial charge < -0.3 is 14.7 Å². The summed E-state index contributed by atoms with van der Waals surface area (Å²) in [5, 5.41) is 2.84. The summed E-state index contributed by atoms with van der Waals surface area (Å²) >= 11 is 1.54. The molecule has 36 heavy (non-hydrogen) atoms. The van der Waals surface area contributed by atoms with E-state index in [-0.39, 0.29) is 5.91 Å². The van der Waals surface area contributed by atoms with E-state index in [9.17, 15) is 18.0 Å². The molecule has 2 aliphatic rings. The van der Waals surface area contributed by atoms with Crippen molar-refractivity contribution in [1.82, 2.24) is 14.9 Å². The molecule has 0 saturated carbocycles. The van der Waals surface area contributed by atoms with Crippen LogP contribution in [0.4, 0.5) is 24.5 Å². The largest absolute Gasteiger partial charge is 0.416 e. The number of rotatable bonds is 4. The Morgan fingerprint density at radius 1 is 1.06 bits per heavy atom. The van der Waals surface area contributed by atoms with E-state index in [0.717, 1.165) is 36.1 Å². The van der Waals surface area contributed by atoms with Gasteiger partial charge in [-0.1, -0.05) is 6.07 Å². The highest BCUT2D eigenvalue weighted by atomic mass is 32.1. The molecule has 5 rings (SSSR count). The Labute approximate surface area is 212 Å². The van der Waals surface area contributed by atoms with Gasteiger partial charge in [0.15, 0.2) is 0 Å². The molecule has 0 aliphatic carbocycles. The van der Waals surface area contributed by atoms with Crippen molar-refractivity contribution in [2.45, 2.75) is 37.9 Å². The summed E-state index contributed by atoms with van der Waals surface area (Å²) in [6.45, 7) is 4.98. The van der Waals surface area contributed by atoms with Crippen molar-refractivity contribution in [3.63, 3.8) is 0 Å². The Morgan fingerprint density at radius 2 is 1.83 bits per heavy atom. The van der Waals surface area contributed by atoms with Gasteiger partial charge in [0.1, 0.15) is 5.69 Å². The number of alkyl halides is 3. The van der Waals surface area contributed by atoms with Crippen LogP contribution in [0.5, 0.6) is 0 Å². The molecule has 1 aromatic carbocycles. The zero-order chi connectivity index (χ0) is 25.3. The van der Waals surface area contributed by atoms with Crippen LogP contribution in [0.15, 0.2) is 54.2 Å². The number of anilines is 2. The van der Waals surface area contributed by atoms with Crippen LogP contribution in [-0.2, 0) is 6.18 Å². The minimum Gasteiger partial charge on any atom is -0.368 e. The standard InChI is InChI=1S/C26H28F3N5OS/c1-18-14-19(7-9-34(18)22-6-3-8-30-16-22)24-31-23(17-36-24)25(35)33-12-10-32(11-13-33)21-5-2-4-20(15-21)26(27,28)29/h2-6,8,15-19H,7,9-14H2,1H3. The molecule has 3 aromatic rings. The first-order valence-electron chi connectivity index (χ1n) is 12.1. The van der Waals surface area contributed by atoms with Gasteiger partial charge in [-0.25, -0.2) is 4.98 Å². The molecule has 190 valence electrons. The fourth-order valence-corrected chi connectivity index (χ4v) is 6.03. The molecule has 2 atom stereocenters. The molecule has 1 amide bonds. The first-order valence-corrected chi connectivity index (χ1v) is 13.0. The van der Waals surface area contributed by atoms with Crippen LogP contribution in [0.25, 0.3) is 0 Å². The number of hydrogen-bond donors (Lipinski definition) is 0. The van der Waals surface area contributed by atoms with Crippen LogP contribution < -0.4 is 9.80 Å². The highest BCUT2D eigenvalue weighted by Crippen LogP contribution is 2.36. The number of piperazine rings is 1. The van der Waals surface area contributed by atoms with Crippen LogP contribution in [0, 0.1) is 0 Å². The van der Waals surface area contributed by atoms with E-state index < -0.39 is 11.7 Å². The summed E-state index contributed by atoms with van der Waals surface area (Å²) in [6, 6.07) is 9.73. The molecule has 2 fully saturated rings. The lowest BCUT2D eigenvalue weighted by molar-refractivity contribution is -0.137. The fourth-order valence-electron chi connectivity index (χ4n) is 5.09. The molecule has 0 spiro atoms. The topological polar surface area (TPSA) is 52.6 Å². The number of carbonyl (C=O) groups is 1. The highest BCUT2D eigenvalue weighted by Gasteiger charge is 2.32. The molecular formula is C26H28F3N5OS. The molecule has 0 N–H and O–H groups in total. The third-order valence-electron chi connectivity index (χ3n) is 7.05. The number of nitrogens with zero attached hydrogens (tertiary/aromatic N) is 5. The fraction of sp³-hybridized carbons (Fsp3) is 0.423. The molecule has 6 nitrogen and oxygen atoms in total. The smallest absolute Gasteiger partial charge is 0.368 e. The average molecular weight is 516 g/mol. The number of hydrogen-bond acceptors (Lipinski definition) is 6. The number of aromatic nitrogens is 2. The van der Waals surface area contributed by atoms with Gasteiger partial charge in [-0.05, 0) is 50.1 Å². The van der Waals surface area contributed by atoms with Gasteiger partial charge in [0, 0.05) is 61.9 Å². The van der Waals surface area contributed by atoms with Crippen molar-refractivity contribution in [3.05, 3.63) is 70.4 Å². The van der Waals surface area contributed by atoms with Crippen molar-refractivity contribution >= 4 is 28.6 Å². The first-order chi connectivity index (χ1) is 17.3. The molecule has 0 radical (unpaired) electrons. The van der Waals surface area contributed by atoms with Gasteiger partial charge in [0.05, 0.1) is 22.5 Å². The molecule has 10 heteroatoms. The van der Waals surface area contributed by atoms with Gasteiger partial charge in [0.2, 0.25) is 0 Å². The number of halogens is 3. The summed E-state index contributed by atoms with van der Waals surface area (Å²) in [4.78, 5) is 28.1. The van der Waals surface area contributed by atoms with Crippen molar-refractivity contribution in [2.75, 3.05) is 42.5 Å². The average Bonchev–Trinajstić information content (AvgIpc) is 3.39. The Morgan fingerprint density at radius 3 is 2.53 bits per heavy atom. The molecule has 0 bridgehead atoms. The van der Waals surface area contributed by atoms with E-state index in [1.54, 1.807) is 28.5 Å². The van der Waals surface area contributed by atoms with E-state index in [2.05, 4.69) is 22.9 Å². The van der Waals surface area contributed by atoms with Crippen molar-refractivity contribution in [3.8, 4) is 0 Å². The zero-order valence-electron chi connectivity index (χ0n) is 20.0. The van der Waals surface area contributed by atoms with Gasteiger partial charge in [0.25, 0.3) is 5.91 Å². The van der Waals surface area contributed by atoms with E-state index >= 15 is 0 Å². The number of carbonyl (C=O) groups excluding carboxylic acids is 1. The minimum absolute atomic E-state index is 0.109. The molecular weight excluding hydrogens is 487 g/mol. The van der Waals surface area contributed by atoms with Crippen molar-refractivity contribution in [1.29, 1.82) is 0 Å². The molecule has 2 unspecified atom stereocenters. The molecule has 4 heterocycles. The summed E-state index contributed by atoms with van der Waals surface area (Å²) < 4.78 is 39.2. The summed E-state index contributed by atoms with van der Waals surface area (Å²) in [5.74, 6) is 0.208. The van der Waals surface area contributed by atoms with Crippen molar-refractivity contribution in [2.24, 2.45) is 0 Å². The Bertz CT molecular complexity index is 1190. The Hall–Kier alpha value is -3.14. The van der Waals surface area contributed by atoms with Crippen LogP contribution >= 0.6 is 11.3 Å². The Balaban J connectivity index is 1.18. The second-order valence-electron chi connectivity index (χ2n) is 9.37. The van der Waals surface area contributed by atoms with Crippen LogP contribution in [0.3, 0.4) is 0 Å². The Kier molecular flexibility index (Phi) is 6.87. The third-order valence-corrected chi connectivity index (χ3v) is 8.06. The van der Waals surface area contributed by atoms with E-state index in [0.29, 0.717) is 49.5 Å². The quantitative estimate of drug-likeness (QED) is 0.473. The zero-order valence-corrected chi connectivity index (χ0v) is 20.8. The number of thiazole rings is 1. The number of benzene rings is 1. The maximum absolute atomic E-state index is 13.1. The monoisotopic (exact) mass is 515 g/mol. The van der Waals surface area contributed by atoms with Gasteiger partial charge in [-0.15, -0.1) is 11.3 Å². The van der Waals surface area contributed by atoms with Crippen LogP contribution in [-0.4, -0.2) is 59.5 Å². The number of piperidine rings is 1. The summed E-state index contributed by atoms with van der Waals surface area (Å²) in [7, 11) is 0. The number of amides is 1. The van der Waals surface area contributed by atoms with E-state index in [1.165, 1.54) is 12.1 Å². The predicted molar refractivity (Wildman–Crippen MR) is 135 cm³/mol. The minimum atomic E-state index is -4.37. The molecule has 2 saturated heterocycles. The SMILES string of the molecule is CC1CC(c2nc(C(=O)N3CCN(c4cccc(C(F)(F)F)c4)CC3)cs2)CCN1c1cccnc1. The first kappa shape index (κ1) is 24.5. The normalized spacial score (nSPS) is 21.1. The summed E-state index contributed by atoms with van der Waals surface area (Å²) in [5.41, 5.74) is 1.46. The van der Waals surface area contributed by atoms with Gasteiger partial charge >= 0.3 is 6.18 Å². The maximum atomic E-state index is 13.1. The van der Waals surface area contributed by atoms with E-state index in [4.69, 9.17) is 4.98 Å². The van der Waals surface area contributed by atoms with Gasteiger partial charge in [-0.3, -0.25) is 9.78 Å². The molecule has 2 aliphatic heterocycles. The summed E-state index contributed by atoms with van der Waals surface area (Å²) in [6.07, 6.45) is 1.23. The third kappa shape index (κ3) is 5.18. The van der Waals surface area contributed by atoms with Crippen molar-refractivity contribution < 1.29 is 18.0 Å².